The lowest BCUT2D eigenvalue weighted by Crippen LogP contribution is -2.14. The zero-order chi connectivity index (χ0) is 18.5. The van der Waals surface area contributed by atoms with Gasteiger partial charge >= 0.3 is 0 Å². The minimum absolute atomic E-state index is 0.0850. The first-order valence-electron chi connectivity index (χ1n) is 8.24. The van der Waals surface area contributed by atoms with E-state index in [0.717, 1.165) is 10.8 Å². The van der Waals surface area contributed by atoms with Crippen molar-refractivity contribution in [2.24, 2.45) is 0 Å². The summed E-state index contributed by atoms with van der Waals surface area (Å²) < 4.78 is 7.17. The first-order chi connectivity index (χ1) is 12.5. The quantitative estimate of drug-likeness (QED) is 0.663. The molecule has 0 spiro atoms. The Balaban J connectivity index is 1.67. The molecule has 5 nitrogen and oxygen atoms in total. The Morgan fingerprint density at radius 2 is 1.96 bits per heavy atom. The van der Waals surface area contributed by atoms with E-state index in [0.29, 0.717) is 11.4 Å². The molecule has 0 bridgehead atoms. The Morgan fingerprint density at radius 3 is 2.69 bits per heavy atom. The first-order valence-corrected chi connectivity index (χ1v) is 9.22. The standard InChI is InChI=1S/C20H21N3O2S/c1-14-9-15(2)11-17(10-14)23-8-7-21-20(23)26-13-19(24)22-16-5-4-6-18(12-16)25-3/h4-12H,13H2,1-3H3,(H,22,24). The zero-order valence-electron chi connectivity index (χ0n) is 15.0. The van der Waals surface area contributed by atoms with Gasteiger partial charge in [-0.3, -0.25) is 9.36 Å². The number of carbonyl (C=O) groups is 1. The summed E-state index contributed by atoms with van der Waals surface area (Å²) in [4.78, 5) is 16.6. The number of hydrogen-bond donors (Lipinski definition) is 1. The second-order valence-electron chi connectivity index (χ2n) is 5.99. The number of nitrogens with one attached hydrogen (secondary N) is 1. The molecule has 1 N–H and O–H groups in total. The third kappa shape index (κ3) is 4.46. The monoisotopic (exact) mass is 367 g/mol. The average molecular weight is 367 g/mol. The normalized spacial score (nSPS) is 10.6. The van der Waals surface area contributed by atoms with Crippen molar-refractivity contribution in [2.45, 2.75) is 19.0 Å². The Kier molecular flexibility index (Phi) is 5.63. The van der Waals surface area contributed by atoms with Crippen LogP contribution in [-0.2, 0) is 4.79 Å². The predicted molar refractivity (Wildman–Crippen MR) is 105 cm³/mol. The molecule has 134 valence electrons. The Labute approximate surface area is 157 Å². The van der Waals surface area contributed by atoms with E-state index in [1.54, 1.807) is 19.4 Å². The summed E-state index contributed by atoms with van der Waals surface area (Å²) in [7, 11) is 1.60. The van der Waals surface area contributed by atoms with Gasteiger partial charge in [-0.15, -0.1) is 0 Å². The van der Waals surface area contributed by atoms with Gasteiger partial charge in [-0.1, -0.05) is 23.9 Å². The van der Waals surface area contributed by atoms with Gasteiger partial charge in [0.25, 0.3) is 0 Å². The maximum absolute atomic E-state index is 12.3. The lowest BCUT2D eigenvalue weighted by atomic mass is 10.1. The topological polar surface area (TPSA) is 56.1 Å². The highest BCUT2D eigenvalue weighted by Crippen LogP contribution is 2.23. The molecule has 0 aliphatic heterocycles. The van der Waals surface area contributed by atoms with E-state index >= 15 is 0 Å². The van der Waals surface area contributed by atoms with Gasteiger partial charge in [-0.25, -0.2) is 4.98 Å². The minimum atomic E-state index is -0.0850. The van der Waals surface area contributed by atoms with Crippen molar-refractivity contribution in [1.82, 2.24) is 9.55 Å². The van der Waals surface area contributed by atoms with Crippen molar-refractivity contribution in [1.29, 1.82) is 0 Å². The van der Waals surface area contributed by atoms with Gasteiger partial charge in [0.1, 0.15) is 5.75 Å². The van der Waals surface area contributed by atoms with E-state index in [1.165, 1.54) is 22.9 Å². The number of imidazole rings is 1. The molecule has 0 saturated carbocycles. The van der Waals surface area contributed by atoms with E-state index in [1.807, 2.05) is 29.0 Å². The molecule has 26 heavy (non-hydrogen) atoms. The molecule has 0 atom stereocenters. The van der Waals surface area contributed by atoms with E-state index in [4.69, 9.17) is 4.74 Å². The van der Waals surface area contributed by atoms with Crippen molar-refractivity contribution in [2.75, 3.05) is 18.2 Å². The van der Waals surface area contributed by atoms with Gasteiger partial charge in [0.05, 0.1) is 12.9 Å². The van der Waals surface area contributed by atoms with Gasteiger partial charge < -0.3 is 10.1 Å². The molecule has 3 rings (SSSR count). The van der Waals surface area contributed by atoms with Crippen LogP contribution in [0.1, 0.15) is 11.1 Å². The fourth-order valence-electron chi connectivity index (χ4n) is 2.71. The Hall–Kier alpha value is -2.73. The summed E-state index contributed by atoms with van der Waals surface area (Å²) in [5.74, 6) is 0.901. The van der Waals surface area contributed by atoms with Crippen molar-refractivity contribution < 1.29 is 9.53 Å². The van der Waals surface area contributed by atoms with Crippen LogP contribution in [0.2, 0.25) is 0 Å². The first kappa shape index (κ1) is 18.1. The maximum Gasteiger partial charge on any atom is 0.234 e. The van der Waals surface area contributed by atoms with E-state index in [2.05, 4.69) is 42.3 Å². The van der Waals surface area contributed by atoms with Crippen LogP contribution in [-0.4, -0.2) is 28.3 Å². The lowest BCUT2D eigenvalue weighted by Gasteiger charge is -2.10. The molecule has 0 saturated heterocycles. The molecule has 1 heterocycles. The zero-order valence-corrected chi connectivity index (χ0v) is 15.8. The average Bonchev–Trinajstić information content (AvgIpc) is 3.08. The number of benzene rings is 2. The number of thioether (sulfide) groups is 1. The molecule has 0 aliphatic carbocycles. The second kappa shape index (κ2) is 8.10. The van der Waals surface area contributed by atoms with Crippen molar-refractivity contribution in [3.63, 3.8) is 0 Å². The molecule has 3 aromatic rings. The van der Waals surface area contributed by atoms with Crippen LogP contribution in [0.5, 0.6) is 5.75 Å². The molecular formula is C20H21N3O2S. The summed E-state index contributed by atoms with van der Waals surface area (Å²) in [6.45, 7) is 4.14. The molecule has 0 unspecified atom stereocenters. The number of methoxy groups -OCH3 is 1. The third-order valence-electron chi connectivity index (χ3n) is 3.78. The van der Waals surface area contributed by atoms with Crippen molar-refractivity contribution >= 4 is 23.4 Å². The smallest absolute Gasteiger partial charge is 0.234 e. The highest BCUT2D eigenvalue weighted by molar-refractivity contribution is 7.99. The fraction of sp³-hybridized carbons (Fsp3) is 0.200. The van der Waals surface area contributed by atoms with Gasteiger partial charge in [-0.05, 0) is 49.2 Å². The van der Waals surface area contributed by atoms with Gasteiger partial charge in [-0.2, -0.15) is 0 Å². The summed E-state index contributed by atoms with van der Waals surface area (Å²) in [5, 5.41) is 3.67. The van der Waals surface area contributed by atoms with Crippen LogP contribution < -0.4 is 10.1 Å². The summed E-state index contributed by atoms with van der Waals surface area (Å²) >= 11 is 1.41. The van der Waals surface area contributed by atoms with Crippen LogP contribution in [0, 0.1) is 13.8 Å². The number of rotatable bonds is 6. The van der Waals surface area contributed by atoms with Gasteiger partial charge in [0.2, 0.25) is 5.91 Å². The van der Waals surface area contributed by atoms with Crippen LogP contribution >= 0.6 is 11.8 Å². The molecular weight excluding hydrogens is 346 g/mol. The van der Waals surface area contributed by atoms with Gasteiger partial charge in [0, 0.05) is 29.8 Å². The largest absolute Gasteiger partial charge is 0.497 e. The van der Waals surface area contributed by atoms with Crippen molar-refractivity contribution in [3.05, 3.63) is 66.0 Å². The highest BCUT2D eigenvalue weighted by atomic mass is 32.2. The van der Waals surface area contributed by atoms with Crippen LogP contribution in [0.4, 0.5) is 5.69 Å². The molecule has 6 heteroatoms. The van der Waals surface area contributed by atoms with Crippen LogP contribution in [0.3, 0.4) is 0 Å². The number of carbonyl (C=O) groups excluding carboxylic acids is 1. The highest BCUT2D eigenvalue weighted by Gasteiger charge is 2.10. The predicted octanol–water partition coefficient (Wildman–Crippen LogP) is 4.23. The maximum atomic E-state index is 12.3. The fourth-order valence-corrected chi connectivity index (χ4v) is 3.48. The SMILES string of the molecule is COc1cccc(NC(=O)CSc2nccn2-c2cc(C)cc(C)c2)c1. The number of amides is 1. The van der Waals surface area contributed by atoms with E-state index in [-0.39, 0.29) is 11.7 Å². The molecule has 1 amide bonds. The molecule has 0 radical (unpaired) electrons. The Bertz CT molecular complexity index is 901. The van der Waals surface area contributed by atoms with E-state index < -0.39 is 0 Å². The molecule has 0 aliphatic rings. The third-order valence-corrected chi connectivity index (χ3v) is 4.74. The number of ether oxygens (including phenoxy) is 1. The summed E-state index contributed by atoms with van der Waals surface area (Å²) in [6.07, 6.45) is 3.66. The molecule has 2 aromatic carbocycles. The second-order valence-corrected chi connectivity index (χ2v) is 6.94. The van der Waals surface area contributed by atoms with Crippen LogP contribution in [0.15, 0.2) is 60.0 Å². The number of hydrogen-bond acceptors (Lipinski definition) is 4. The lowest BCUT2D eigenvalue weighted by molar-refractivity contribution is -0.113. The minimum Gasteiger partial charge on any atom is -0.497 e. The van der Waals surface area contributed by atoms with E-state index in [9.17, 15) is 4.79 Å². The van der Waals surface area contributed by atoms with Gasteiger partial charge in [0.15, 0.2) is 5.16 Å². The number of nitrogens with zero attached hydrogens (tertiary/aromatic N) is 2. The summed E-state index contributed by atoms with van der Waals surface area (Å²) in [5.41, 5.74) is 4.16. The molecule has 1 aromatic heterocycles. The van der Waals surface area contributed by atoms with Crippen molar-refractivity contribution in [3.8, 4) is 11.4 Å². The number of anilines is 1. The number of aromatic nitrogens is 2. The molecule has 0 fully saturated rings. The summed E-state index contributed by atoms with van der Waals surface area (Å²) in [6, 6.07) is 13.7. The van der Waals surface area contributed by atoms with Crippen LogP contribution in [0.25, 0.3) is 5.69 Å². The Morgan fingerprint density at radius 1 is 1.19 bits per heavy atom. The number of aryl methyl sites for hydroxylation is 2.